The molecule has 0 saturated carbocycles. The van der Waals surface area contributed by atoms with Crippen LogP contribution in [0.5, 0.6) is 11.5 Å². The summed E-state index contributed by atoms with van der Waals surface area (Å²) in [6.07, 6.45) is 0. The highest BCUT2D eigenvalue weighted by Crippen LogP contribution is 2.45. The van der Waals surface area contributed by atoms with E-state index in [1.807, 2.05) is 23.6 Å². The molecule has 0 radical (unpaired) electrons. The smallest absolute Gasteiger partial charge is 0.179 e. The molecule has 2 aromatic heterocycles. The second kappa shape index (κ2) is 4.55. The first kappa shape index (κ1) is 11.4. The zero-order valence-corrected chi connectivity index (χ0v) is 11.5. The van der Waals surface area contributed by atoms with Crippen molar-refractivity contribution in [3.63, 3.8) is 0 Å². The third-order valence-electron chi connectivity index (χ3n) is 2.67. The molecule has 0 fully saturated rings. The summed E-state index contributed by atoms with van der Waals surface area (Å²) in [5, 5.41) is 1.94. The van der Waals surface area contributed by atoms with Crippen molar-refractivity contribution in [2.75, 3.05) is 14.2 Å². The van der Waals surface area contributed by atoms with E-state index in [9.17, 15) is 0 Å². The van der Waals surface area contributed by atoms with E-state index in [1.165, 1.54) is 11.7 Å². The molecule has 0 unspecified atom stereocenters. The topological polar surface area (TPSA) is 44.2 Å². The molecule has 1 aromatic carbocycles. The Balaban J connectivity index is 2.26. The molecule has 18 heavy (non-hydrogen) atoms. The molecular formula is C12H10N2O2S2. The SMILES string of the molecule is COc1csc(-c2cccc3nsnc23)c1OC. The van der Waals surface area contributed by atoms with Gasteiger partial charge in [0.25, 0.3) is 0 Å². The largest absolute Gasteiger partial charge is 0.492 e. The first-order valence-electron chi connectivity index (χ1n) is 5.26. The molecule has 0 saturated heterocycles. The van der Waals surface area contributed by atoms with Gasteiger partial charge in [0.1, 0.15) is 11.0 Å². The Hall–Kier alpha value is -1.66. The third-order valence-corrected chi connectivity index (χ3v) is 4.18. The summed E-state index contributed by atoms with van der Waals surface area (Å²) in [7, 11) is 3.28. The van der Waals surface area contributed by atoms with Crippen LogP contribution in [0.2, 0.25) is 0 Å². The van der Waals surface area contributed by atoms with Crippen LogP contribution in [0.3, 0.4) is 0 Å². The molecule has 6 heteroatoms. The van der Waals surface area contributed by atoms with Gasteiger partial charge in [0.2, 0.25) is 0 Å². The number of benzene rings is 1. The third kappa shape index (κ3) is 1.65. The number of rotatable bonds is 3. The van der Waals surface area contributed by atoms with Crippen LogP contribution < -0.4 is 9.47 Å². The van der Waals surface area contributed by atoms with Crippen LogP contribution in [0, 0.1) is 0 Å². The maximum absolute atomic E-state index is 5.43. The van der Waals surface area contributed by atoms with Gasteiger partial charge >= 0.3 is 0 Å². The van der Waals surface area contributed by atoms with Crippen molar-refractivity contribution in [2.24, 2.45) is 0 Å². The van der Waals surface area contributed by atoms with Gasteiger partial charge in [-0.3, -0.25) is 0 Å². The normalized spacial score (nSPS) is 10.8. The van der Waals surface area contributed by atoms with Gasteiger partial charge in [0.15, 0.2) is 11.5 Å². The summed E-state index contributed by atoms with van der Waals surface area (Å²) in [4.78, 5) is 1.02. The molecule has 0 N–H and O–H groups in total. The first-order chi connectivity index (χ1) is 8.85. The monoisotopic (exact) mass is 278 g/mol. The average molecular weight is 278 g/mol. The fourth-order valence-corrected chi connectivity index (χ4v) is 3.40. The van der Waals surface area contributed by atoms with Crippen LogP contribution in [0.1, 0.15) is 0 Å². The van der Waals surface area contributed by atoms with Gasteiger partial charge in [-0.15, -0.1) is 11.3 Å². The van der Waals surface area contributed by atoms with Crippen LogP contribution in [-0.4, -0.2) is 23.0 Å². The van der Waals surface area contributed by atoms with E-state index in [0.717, 1.165) is 33.0 Å². The van der Waals surface area contributed by atoms with E-state index in [1.54, 1.807) is 25.6 Å². The van der Waals surface area contributed by atoms with E-state index in [-0.39, 0.29) is 0 Å². The molecule has 0 aliphatic rings. The number of nitrogens with zero attached hydrogens (tertiary/aromatic N) is 2. The van der Waals surface area contributed by atoms with Crippen molar-refractivity contribution in [3.8, 4) is 21.9 Å². The van der Waals surface area contributed by atoms with E-state index >= 15 is 0 Å². The second-order valence-corrected chi connectivity index (χ2v) is 5.01. The summed E-state index contributed by atoms with van der Waals surface area (Å²) < 4.78 is 19.3. The van der Waals surface area contributed by atoms with Gasteiger partial charge in [-0.2, -0.15) is 8.75 Å². The van der Waals surface area contributed by atoms with Gasteiger partial charge in [-0.25, -0.2) is 0 Å². The van der Waals surface area contributed by atoms with Gasteiger partial charge in [-0.05, 0) is 6.07 Å². The standard InChI is InChI=1S/C12H10N2O2S2/c1-15-9-6-17-12(11(9)16-2)7-4-3-5-8-10(7)14-18-13-8/h3-6H,1-2H3. The molecule has 3 rings (SSSR count). The van der Waals surface area contributed by atoms with Crippen molar-refractivity contribution in [3.05, 3.63) is 23.6 Å². The number of hydrogen-bond donors (Lipinski definition) is 0. The predicted molar refractivity (Wildman–Crippen MR) is 73.8 cm³/mol. The Morgan fingerprint density at radius 3 is 2.78 bits per heavy atom. The minimum absolute atomic E-state index is 0.748. The van der Waals surface area contributed by atoms with Gasteiger partial charge in [-0.1, -0.05) is 12.1 Å². The average Bonchev–Trinajstić information content (AvgIpc) is 3.03. The quantitative estimate of drug-likeness (QED) is 0.736. The number of methoxy groups -OCH3 is 2. The molecule has 92 valence electrons. The Morgan fingerprint density at radius 2 is 2.00 bits per heavy atom. The number of aromatic nitrogens is 2. The van der Waals surface area contributed by atoms with E-state index in [2.05, 4.69) is 8.75 Å². The first-order valence-corrected chi connectivity index (χ1v) is 6.87. The van der Waals surface area contributed by atoms with Crippen LogP contribution in [0.25, 0.3) is 21.5 Å². The van der Waals surface area contributed by atoms with E-state index < -0.39 is 0 Å². The lowest BCUT2D eigenvalue weighted by atomic mass is 10.1. The lowest BCUT2D eigenvalue weighted by molar-refractivity contribution is 0.359. The molecule has 4 nitrogen and oxygen atoms in total. The number of fused-ring (bicyclic) bond motifs is 1. The van der Waals surface area contributed by atoms with Crippen molar-refractivity contribution in [1.29, 1.82) is 0 Å². The van der Waals surface area contributed by atoms with Crippen molar-refractivity contribution < 1.29 is 9.47 Å². The summed E-state index contributed by atoms with van der Waals surface area (Å²) in [5.74, 6) is 1.50. The zero-order chi connectivity index (χ0) is 12.5. The lowest BCUT2D eigenvalue weighted by Crippen LogP contribution is -1.88. The van der Waals surface area contributed by atoms with Crippen LogP contribution >= 0.6 is 23.1 Å². The van der Waals surface area contributed by atoms with Crippen molar-refractivity contribution >= 4 is 34.1 Å². The number of ether oxygens (including phenoxy) is 2. The summed E-state index contributed by atoms with van der Waals surface area (Å²) in [5.41, 5.74) is 2.85. The molecule has 0 bridgehead atoms. The van der Waals surface area contributed by atoms with Gasteiger partial charge < -0.3 is 9.47 Å². The summed E-state index contributed by atoms with van der Waals surface area (Å²) in [6, 6.07) is 5.96. The predicted octanol–water partition coefficient (Wildman–Crippen LogP) is 3.44. The molecular weight excluding hydrogens is 268 g/mol. The summed E-state index contributed by atoms with van der Waals surface area (Å²) >= 11 is 2.80. The van der Waals surface area contributed by atoms with Crippen molar-refractivity contribution in [1.82, 2.24) is 8.75 Å². The minimum Gasteiger partial charge on any atom is -0.492 e. The molecule has 2 heterocycles. The Bertz CT molecular complexity index is 690. The molecule has 0 aliphatic carbocycles. The second-order valence-electron chi connectivity index (χ2n) is 3.60. The van der Waals surface area contributed by atoms with E-state index in [0.29, 0.717) is 0 Å². The molecule has 0 spiro atoms. The summed E-state index contributed by atoms with van der Waals surface area (Å²) in [6.45, 7) is 0. The van der Waals surface area contributed by atoms with Crippen LogP contribution in [0.15, 0.2) is 23.6 Å². The molecule has 0 atom stereocenters. The Labute approximate surface area is 112 Å². The highest BCUT2D eigenvalue weighted by Gasteiger charge is 2.17. The zero-order valence-electron chi connectivity index (χ0n) is 9.84. The molecule has 3 aromatic rings. The maximum Gasteiger partial charge on any atom is 0.179 e. The number of thiophene rings is 1. The number of hydrogen-bond acceptors (Lipinski definition) is 6. The van der Waals surface area contributed by atoms with Gasteiger partial charge in [0, 0.05) is 10.9 Å². The van der Waals surface area contributed by atoms with Crippen LogP contribution in [-0.2, 0) is 0 Å². The van der Waals surface area contributed by atoms with Gasteiger partial charge in [0.05, 0.1) is 30.8 Å². The Morgan fingerprint density at radius 1 is 1.11 bits per heavy atom. The Kier molecular flexibility index (Phi) is 2.89. The highest BCUT2D eigenvalue weighted by atomic mass is 32.1. The highest BCUT2D eigenvalue weighted by molar-refractivity contribution is 7.14. The van der Waals surface area contributed by atoms with Crippen molar-refractivity contribution in [2.45, 2.75) is 0 Å². The lowest BCUT2D eigenvalue weighted by Gasteiger charge is -2.05. The van der Waals surface area contributed by atoms with Crippen LogP contribution in [0.4, 0.5) is 0 Å². The minimum atomic E-state index is 0.748. The molecule has 0 aliphatic heterocycles. The maximum atomic E-state index is 5.43. The fraction of sp³-hybridized carbons (Fsp3) is 0.167. The molecule has 0 amide bonds. The fourth-order valence-electron chi connectivity index (χ4n) is 1.84. The van der Waals surface area contributed by atoms with E-state index in [4.69, 9.17) is 9.47 Å².